The summed E-state index contributed by atoms with van der Waals surface area (Å²) < 4.78 is 5.14. The van der Waals surface area contributed by atoms with Gasteiger partial charge in [0.05, 0.1) is 7.11 Å². The van der Waals surface area contributed by atoms with Crippen LogP contribution in [-0.4, -0.2) is 45.2 Å². The van der Waals surface area contributed by atoms with Crippen molar-refractivity contribution in [2.75, 3.05) is 34.3 Å². The summed E-state index contributed by atoms with van der Waals surface area (Å²) in [5.74, 6) is 0.918. The molecular weight excluding hydrogens is 212 g/mol. The van der Waals surface area contributed by atoms with Crippen molar-refractivity contribution >= 4 is 0 Å². The first-order valence-electron chi connectivity index (χ1n) is 6.13. The van der Waals surface area contributed by atoms with Gasteiger partial charge in [0, 0.05) is 19.1 Å². The second-order valence-electron chi connectivity index (χ2n) is 4.71. The average molecular weight is 236 g/mol. The molecule has 0 aliphatic carbocycles. The van der Waals surface area contributed by atoms with Crippen LogP contribution in [0.25, 0.3) is 0 Å². The standard InChI is InChI=1S/C14H24N2O/c1-12(15-9-10-16(2)3)11-13-5-7-14(17-4)8-6-13/h5-8,12,15H,9-11H2,1-4H3. The molecule has 1 atom stereocenters. The van der Waals surface area contributed by atoms with Crippen molar-refractivity contribution in [2.45, 2.75) is 19.4 Å². The predicted molar refractivity (Wildman–Crippen MR) is 72.7 cm³/mol. The SMILES string of the molecule is COc1ccc(CC(C)NCCN(C)C)cc1. The van der Waals surface area contributed by atoms with E-state index in [1.54, 1.807) is 7.11 Å². The van der Waals surface area contributed by atoms with Gasteiger partial charge < -0.3 is 15.0 Å². The molecule has 0 saturated heterocycles. The number of nitrogens with zero attached hydrogens (tertiary/aromatic N) is 1. The first-order valence-corrected chi connectivity index (χ1v) is 6.13. The van der Waals surface area contributed by atoms with E-state index in [0.29, 0.717) is 6.04 Å². The number of ether oxygens (including phenoxy) is 1. The Bertz CT molecular complexity index is 309. The van der Waals surface area contributed by atoms with Crippen molar-refractivity contribution in [2.24, 2.45) is 0 Å². The Morgan fingerprint density at radius 2 is 1.88 bits per heavy atom. The monoisotopic (exact) mass is 236 g/mol. The van der Waals surface area contributed by atoms with Crippen LogP contribution in [-0.2, 0) is 6.42 Å². The van der Waals surface area contributed by atoms with Gasteiger partial charge in [0.15, 0.2) is 0 Å². The fourth-order valence-electron chi connectivity index (χ4n) is 1.72. The lowest BCUT2D eigenvalue weighted by atomic mass is 10.1. The Morgan fingerprint density at radius 3 is 2.41 bits per heavy atom. The Balaban J connectivity index is 2.31. The minimum absolute atomic E-state index is 0.503. The normalized spacial score (nSPS) is 12.8. The summed E-state index contributed by atoms with van der Waals surface area (Å²) in [6, 6.07) is 8.79. The second-order valence-corrected chi connectivity index (χ2v) is 4.71. The predicted octanol–water partition coefficient (Wildman–Crippen LogP) is 1.78. The van der Waals surface area contributed by atoms with Gasteiger partial charge in [-0.15, -0.1) is 0 Å². The smallest absolute Gasteiger partial charge is 0.118 e. The molecule has 3 nitrogen and oxygen atoms in total. The molecule has 0 radical (unpaired) electrons. The lowest BCUT2D eigenvalue weighted by Gasteiger charge is -2.16. The summed E-state index contributed by atoms with van der Waals surface area (Å²) >= 11 is 0. The van der Waals surface area contributed by atoms with Gasteiger partial charge in [-0.05, 0) is 45.1 Å². The van der Waals surface area contributed by atoms with Gasteiger partial charge in [-0.2, -0.15) is 0 Å². The summed E-state index contributed by atoms with van der Waals surface area (Å²) in [5, 5.41) is 3.52. The summed E-state index contributed by atoms with van der Waals surface area (Å²) in [5.41, 5.74) is 1.34. The van der Waals surface area contributed by atoms with E-state index in [1.807, 2.05) is 12.1 Å². The zero-order valence-electron chi connectivity index (χ0n) is 11.4. The molecule has 0 amide bonds. The summed E-state index contributed by atoms with van der Waals surface area (Å²) in [6.07, 6.45) is 1.05. The van der Waals surface area contributed by atoms with E-state index < -0.39 is 0 Å². The number of nitrogens with one attached hydrogen (secondary N) is 1. The number of hydrogen-bond donors (Lipinski definition) is 1. The molecule has 0 aliphatic heterocycles. The molecule has 1 rings (SSSR count). The van der Waals surface area contributed by atoms with Crippen LogP contribution in [0.5, 0.6) is 5.75 Å². The van der Waals surface area contributed by atoms with Gasteiger partial charge in [0.1, 0.15) is 5.75 Å². The number of likely N-dealkylation sites (N-methyl/N-ethyl adjacent to an activating group) is 1. The molecule has 1 aromatic rings. The number of benzene rings is 1. The molecular formula is C14H24N2O. The second kappa shape index (κ2) is 7.30. The Morgan fingerprint density at radius 1 is 1.24 bits per heavy atom. The Kier molecular flexibility index (Phi) is 6.01. The first kappa shape index (κ1) is 14.0. The fourth-order valence-corrected chi connectivity index (χ4v) is 1.72. The molecule has 0 heterocycles. The molecule has 1 N–H and O–H groups in total. The lowest BCUT2D eigenvalue weighted by molar-refractivity contribution is 0.386. The highest BCUT2D eigenvalue weighted by molar-refractivity contribution is 5.27. The van der Waals surface area contributed by atoms with E-state index in [2.05, 4.69) is 43.4 Å². The molecule has 0 aromatic heterocycles. The molecule has 96 valence electrons. The minimum Gasteiger partial charge on any atom is -0.497 e. The third-order valence-corrected chi connectivity index (χ3v) is 2.75. The first-order chi connectivity index (χ1) is 8.11. The molecule has 0 bridgehead atoms. The minimum atomic E-state index is 0.503. The van der Waals surface area contributed by atoms with Gasteiger partial charge in [-0.1, -0.05) is 12.1 Å². The van der Waals surface area contributed by atoms with E-state index >= 15 is 0 Å². The van der Waals surface area contributed by atoms with Crippen LogP contribution in [0.1, 0.15) is 12.5 Å². The largest absolute Gasteiger partial charge is 0.497 e. The third kappa shape index (κ3) is 5.71. The van der Waals surface area contributed by atoms with E-state index in [0.717, 1.165) is 25.3 Å². The van der Waals surface area contributed by atoms with Crippen molar-refractivity contribution < 1.29 is 4.74 Å². The highest BCUT2D eigenvalue weighted by Gasteiger charge is 2.03. The van der Waals surface area contributed by atoms with Gasteiger partial charge in [-0.25, -0.2) is 0 Å². The Hall–Kier alpha value is -1.06. The van der Waals surface area contributed by atoms with Gasteiger partial charge in [-0.3, -0.25) is 0 Å². The van der Waals surface area contributed by atoms with E-state index in [4.69, 9.17) is 4.74 Å². The van der Waals surface area contributed by atoms with Crippen molar-refractivity contribution in [3.8, 4) is 5.75 Å². The van der Waals surface area contributed by atoms with Gasteiger partial charge in [0.2, 0.25) is 0 Å². The molecule has 0 spiro atoms. The topological polar surface area (TPSA) is 24.5 Å². The Labute approximate surface area is 105 Å². The third-order valence-electron chi connectivity index (χ3n) is 2.75. The van der Waals surface area contributed by atoms with Gasteiger partial charge >= 0.3 is 0 Å². The number of methoxy groups -OCH3 is 1. The quantitative estimate of drug-likeness (QED) is 0.781. The van der Waals surface area contributed by atoms with Crippen LogP contribution in [0, 0.1) is 0 Å². The van der Waals surface area contributed by atoms with Crippen LogP contribution < -0.4 is 10.1 Å². The number of rotatable bonds is 7. The summed E-state index contributed by atoms with van der Waals surface area (Å²) in [4.78, 5) is 2.19. The fraction of sp³-hybridized carbons (Fsp3) is 0.571. The summed E-state index contributed by atoms with van der Waals surface area (Å²) in [6.45, 7) is 4.33. The van der Waals surface area contributed by atoms with Crippen LogP contribution in [0.15, 0.2) is 24.3 Å². The van der Waals surface area contributed by atoms with E-state index in [-0.39, 0.29) is 0 Å². The zero-order valence-corrected chi connectivity index (χ0v) is 11.4. The zero-order chi connectivity index (χ0) is 12.7. The molecule has 1 aromatic carbocycles. The van der Waals surface area contributed by atoms with Crippen molar-refractivity contribution in [1.29, 1.82) is 0 Å². The van der Waals surface area contributed by atoms with E-state index in [1.165, 1.54) is 5.56 Å². The molecule has 3 heteroatoms. The molecule has 0 saturated carbocycles. The molecule has 0 fully saturated rings. The summed E-state index contributed by atoms with van der Waals surface area (Å²) in [7, 11) is 5.88. The van der Waals surface area contributed by atoms with Crippen LogP contribution in [0.2, 0.25) is 0 Å². The highest BCUT2D eigenvalue weighted by atomic mass is 16.5. The molecule has 1 unspecified atom stereocenters. The maximum atomic E-state index is 5.14. The van der Waals surface area contributed by atoms with Gasteiger partial charge in [0.25, 0.3) is 0 Å². The highest BCUT2D eigenvalue weighted by Crippen LogP contribution is 2.12. The molecule has 17 heavy (non-hydrogen) atoms. The maximum absolute atomic E-state index is 5.14. The average Bonchev–Trinajstić information content (AvgIpc) is 2.29. The van der Waals surface area contributed by atoms with Crippen molar-refractivity contribution in [3.05, 3.63) is 29.8 Å². The maximum Gasteiger partial charge on any atom is 0.118 e. The van der Waals surface area contributed by atoms with Crippen molar-refractivity contribution in [3.63, 3.8) is 0 Å². The number of hydrogen-bond acceptors (Lipinski definition) is 3. The van der Waals surface area contributed by atoms with Crippen LogP contribution in [0.3, 0.4) is 0 Å². The lowest BCUT2D eigenvalue weighted by Crippen LogP contribution is -2.34. The van der Waals surface area contributed by atoms with E-state index in [9.17, 15) is 0 Å². The van der Waals surface area contributed by atoms with Crippen LogP contribution >= 0.6 is 0 Å². The molecule has 0 aliphatic rings. The van der Waals surface area contributed by atoms with Crippen LogP contribution in [0.4, 0.5) is 0 Å². The van der Waals surface area contributed by atoms with Crippen molar-refractivity contribution in [1.82, 2.24) is 10.2 Å².